The highest BCUT2D eigenvalue weighted by Crippen LogP contribution is 2.21. The molecule has 0 aliphatic carbocycles. The molecule has 2 aromatic carbocycles. The van der Waals surface area contributed by atoms with Crippen LogP contribution in [0.1, 0.15) is 5.56 Å². The number of hydrogen-bond donors (Lipinski definition) is 0. The van der Waals surface area contributed by atoms with Crippen LogP contribution in [0.5, 0.6) is 0 Å². The zero-order chi connectivity index (χ0) is 12.5. The highest BCUT2D eigenvalue weighted by atomic mass is 19.1. The van der Waals surface area contributed by atoms with E-state index in [1.165, 1.54) is 12.1 Å². The largest absolute Gasteiger partial charge is 0.316 e. The summed E-state index contributed by atoms with van der Waals surface area (Å²) in [6, 6.07) is 15.9. The Kier molecular flexibility index (Phi) is 2.35. The Morgan fingerprint density at radius 3 is 2.72 bits per heavy atom. The average Bonchev–Trinajstić information content (AvgIpc) is 2.81. The Labute approximate surface area is 104 Å². The SMILES string of the molecule is N#Cc1ccc2c(ccn2-c2cccc(F)c2)c1. The van der Waals surface area contributed by atoms with Crippen molar-refractivity contribution in [3.63, 3.8) is 0 Å². The third-order valence-electron chi connectivity index (χ3n) is 2.91. The number of fused-ring (bicyclic) bond motifs is 1. The fourth-order valence-electron chi connectivity index (χ4n) is 2.06. The first-order valence-corrected chi connectivity index (χ1v) is 5.55. The van der Waals surface area contributed by atoms with Crippen LogP contribution in [-0.2, 0) is 0 Å². The van der Waals surface area contributed by atoms with Gasteiger partial charge in [0.05, 0.1) is 17.1 Å². The summed E-state index contributed by atoms with van der Waals surface area (Å²) < 4.78 is 15.1. The third-order valence-corrected chi connectivity index (χ3v) is 2.91. The van der Waals surface area contributed by atoms with Crippen LogP contribution in [0.15, 0.2) is 54.7 Å². The number of nitriles is 1. The van der Waals surface area contributed by atoms with Crippen LogP contribution in [0, 0.1) is 17.1 Å². The Morgan fingerprint density at radius 2 is 1.94 bits per heavy atom. The van der Waals surface area contributed by atoms with Gasteiger partial charge in [-0.05, 0) is 42.5 Å². The third kappa shape index (κ3) is 1.64. The monoisotopic (exact) mass is 236 g/mol. The van der Waals surface area contributed by atoms with Crippen molar-refractivity contribution in [2.75, 3.05) is 0 Å². The Hall–Kier alpha value is -2.60. The smallest absolute Gasteiger partial charge is 0.125 e. The normalized spacial score (nSPS) is 10.4. The molecule has 3 aromatic rings. The van der Waals surface area contributed by atoms with Crippen LogP contribution in [0.3, 0.4) is 0 Å². The van der Waals surface area contributed by atoms with E-state index < -0.39 is 0 Å². The molecule has 0 radical (unpaired) electrons. The summed E-state index contributed by atoms with van der Waals surface area (Å²) in [4.78, 5) is 0. The van der Waals surface area contributed by atoms with Crippen LogP contribution in [0.2, 0.25) is 0 Å². The van der Waals surface area contributed by atoms with Crippen molar-refractivity contribution in [3.8, 4) is 11.8 Å². The van der Waals surface area contributed by atoms with E-state index in [1.807, 2.05) is 35.0 Å². The van der Waals surface area contributed by atoms with Gasteiger partial charge in [0.1, 0.15) is 5.82 Å². The molecule has 0 aliphatic rings. The van der Waals surface area contributed by atoms with Crippen molar-refractivity contribution < 1.29 is 4.39 Å². The van der Waals surface area contributed by atoms with Crippen molar-refractivity contribution in [1.82, 2.24) is 4.57 Å². The van der Waals surface area contributed by atoms with E-state index in [-0.39, 0.29) is 5.82 Å². The summed E-state index contributed by atoms with van der Waals surface area (Å²) >= 11 is 0. The number of halogens is 1. The van der Waals surface area contributed by atoms with Crippen LogP contribution in [-0.4, -0.2) is 4.57 Å². The molecule has 2 nitrogen and oxygen atoms in total. The van der Waals surface area contributed by atoms with Crippen molar-refractivity contribution in [3.05, 3.63) is 66.1 Å². The second kappa shape index (κ2) is 4.01. The Balaban J connectivity index is 2.22. The van der Waals surface area contributed by atoms with Gasteiger partial charge >= 0.3 is 0 Å². The maximum absolute atomic E-state index is 13.2. The molecule has 0 amide bonds. The molecule has 3 heteroatoms. The number of benzene rings is 2. The molecule has 0 atom stereocenters. The van der Waals surface area contributed by atoms with Crippen LogP contribution < -0.4 is 0 Å². The molecule has 86 valence electrons. The fourth-order valence-corrected chi connectivity index (χ4v) is 2.06. The first-order chi connectivity index (χ1) is 8.78. The minimum absolute atomic E-state index is 0.261. The second-order valence-corrected chi connectivity index (χ2v) is 4.05. The lowest BCUT2D eigenvalue weighted by Gasteiger charge is -2.05. The highest BCUT2D eigenvalue weighted by Gasteiger charge is 2.04. The van der Waals surface area contributed by atoms with Crippen LogP contribution in [0.4, 0.5) is 4.39 Å². The number of rotatable bonds is 1. The maximum Gasteiger partial charge on any atom is 0.125 e. The van der Waals surface area contributed by atoms with E-state index >= 15 is 0 Å². The van der Waals surface area contributed by atoms with E-state index in [1.54, 1.807) is 12.1 Å². The summed E-state index contributed by atoms with van der Waals surface area (Å²) in [5.74, 6) is -0.261. The van der Waals surface area contributed by atoms with E-state index in [9.17, 15) is 4.39 Å². The molecule has 0 N–H and O–H groups in total. The molecule has 0 saturated heterocycles. The number of hydrogen-bond acceptors (Lipinski definition) is 1. The van der Waals surface area contributed by atoms with Crippen molar-refractivity contribution in [2.24, 2.45) is 0 Å². The summed E-state index contributed by atoms with van der Waals surface area (Å²) in [5.41, 5.74) is 2.36. The highest BCUT2D eigenvalue weighted by molar-refractivity contribution is 5.83. The zero-order valence-electron chi connectivity index (χ0n) is 9.47. The second-order valence-electron chi connectivity index (χ2n) is 4.05. The quantitative estimate of drug-likeness (QED) is 0.634. The maximum atomic E-state index is 13.2. The molecular formula is C15H9FN2. The zero-order valence-corrected chi connectivity index (χ0v) is 9.47. The molecule has 0 spiro atoms. The number of aromatic nitrogens is 1. The standard InChI is InChI=1S/C15H9FN2/c16-13-2-1-3-14(9-13)18-7-6-12-8-11(10-17)4-5-15(12)18/h1-9H. The van der Waals surface area contributed by atoms with Gasteiger partial charge in [-0.25, -0.2) is 4.39 Å². The minimum atomic E-state index is -0.261. The van der Waals surface area contributed by atoms with Gasteiger partial charge in [-0.15, -0.1) is 0 Å². The molecular weight excluding hydrogens is 227 g/mol. The van der Waals surface area contributed by atoms with Crippen LogP contribution in [0.25, 0.3) is 16.6 Å². The van der Waals surface area contributed by atoms with E-state index in [4.69, 9.17) is 5.26 Å². The predicted octanol–water partition coefficient (Wildman–Crippen LogP) is 3.64. The van der Waals surface area contributed by atoms with Gasteiger partial charge in [-0.3, -0.25) is 0 Å². The molecule has 18 heavy (non-hydrogen) atoms. The first-order valence-electron chi connectivity index (χ1n) is 5.55. The average molecular weight is 236 g/mol. The molecule has 0 saturated carbocycles. The van der Waals surface area contributed by atoms with Crippen LogP contribution >= 0.6 is 0 Å². The van der Waals surface area contributed by atoms with E-state index in [0.29, 0.717) is 5.56 Å². The van der Waals surface area contributed by atoms with Gasteiger partial charge in [0.15, 0.2) is 0 Å². The van der Waals surface area contributed by atoms with Crippen molar-refractivity contribution >= 4 is 10.9 Å². The Morgan fingerprint density at radius 1 is 1.06 bits per heavy atom. The van der Waals surface area contributed by atoms with E-state index in [0.717, 1.165) is 16.6 Å². The molecule has 1 heterocycles. The Bertz CT molecular complexity index is 766. The van der Waals surface area contributed by atoms with Gasteiger partial charge in [-0.1, -0.05) is 6.07 Å². The first kappa shape index (κ1) is 10.5. The van der Waals surface area contributed by atoms with Gasteiger partial charge in [-0.2, -0.15) is 5.26 Å². The summed E-state index contributed by atoms with van der Waals surface area (Å²) in [7, 11) is 0. The molecule has 0 unspecified atom stereocenters. The topological polar surface area (TPSA) is 28.7 Å². The van der Waals surface area contributed by atoms with Crippen molar-refractivity contribution in [1.29, 1.82) is 5.26 Å². The lowest BCUT2D eigenvalue weighted by molar-refractivity contribution is 0.627. The fraction of sp³-hybridized carbons (Fsp3) is 0. The molecule has 1 aromatic heterocycles. The van der Waals surface area contributed by atoms with Gasteiger partial charge < -0.3 is 4.57 Å². The van der Waals surface area contributed by atoms with Gasteiger partial charge in [0.25, 0.3) is 0 Å². The summed E-state index contributed by atoms with van der Waals surface area (Å²) in [6.45, 7) is 0. The molecule has 3 rings (SSSR count). The lowest BCUT2D eigenvalue weighted by atomic mass is 10.2. The molecule has 0 aliphatic heterocycles. The summed E-state index contributed by atoms with van der Waals surface area (Å²) in [5, 5.41) is 9.82. The van der Waals surface area contributed by atoms with Gasteiger partial charge in [0.2, 0.25) is 0 Å². The van der Waals surface area contributed by atoms with E-state index in [2.05, 4.69) is 6.07 Å². The number of nitrogens with zero attached hydrogens (tertiary/aromatic N) is 2. The molecule has 0 bridgehead atoms. The minimum Gasteiger partial charge on any atom is -0.316 e. The summed E-state index contributed by atoms with van der Waals surface area (Å²) in [6.07, 6.45) is 1.88. The lowest BCUT2D eigenvalue weighted by Crippen LogP contribution is -1.92. The predicted molar refractivity (Wildman–Crippen MR) is 67.9 cm³/mol. The molecule has 0 fully saturated rings. The van der Waals surface area contributed by atoms with Crippen molar-refractivity contribution in [2.45, 2.75) is 0 Å². The van der Waals surface area contributed by atoms with Gasteiger partial charge in [0, 0.05) is 17.3 Å².